The molecule has 16 nitrogen and oxygen atoms in total. The summed E-state index contributed by atoms with van der Waals surface area (Å²) < 4.78 is 97.2. The second kappa shape index (κ2) is 17.7. The zero-order chi connectivity index (χ0) is 45.4. The quantitative estimate of drug-likeness (QED) is 0.243. The lowest BCUT2D eigenvalue weighted by molar-refractivity contribution is -0.244. The first kappa shape index (κ1) is 46.6. The van der Waals surface area contributed by atoms with Crippen molar-refractivity contribution in [2.75, 3.05) is 34.0 Å². The van der Waals surface area contributed by atoms with Gasteiger partial charge in [0.2, 0.25) is 33.3 Å². The van der Waals surface area contributed by atoms with Crippen LogP contribution in [0.1, 0.15) is 79.6 Å². The van der Waals surface area contributed by atoms with E-state index in [1.807, 2.05) is 19.9 Å². The summed E-state index contributed by atoms with van der Waals surface area (Å²) in [6.07, 6.45) is -0.341. The highest BCUT2D eigenvalue weighted by molar-refractivity contribution is 7.91. The van der Waals surface area contributed by atoms with Gasteiger partial charge < -0.3 is 39.2 Å². The Morgan fingerprint density at radius 2 is 1.82 bits per heavy atom. The largest absolute Gasteiger partial charge is 0.497 e. The number of hydrogen-bond acceptors (Lipinski definition) is 12. The fourth-order valence-electron chi connectivity index (χ4n) is 8.06. The zero-order valence-electron chi connectivity index (χ0n) is 35.9. The average molecular weight is 896 g/mol. The maximum absolute atomic E-state index is 15.0. The molecule has 2 saturated carbocycles. The Morgan fingerprint density at radius 1 is 1.10 bits per heavy atom. The smallest absolute Gasteiger partial charge is 0.427 e. The van der Waals surface area contributed by atoms with Crippen molar-refractivity contribution < 1.29 is 64.5 Å². The van der Waals surface area contributed by atoms with Crippen molar-refractivity contribution in [1.29, 1.82) is 0 Å². The average Bonchev–Trinajstić information content (AvgIpc) is 4.08. The first-order valence-electron chi connectivity index (χ1n) is 20.8. The number of rotatable bonds is 12. The first-order chi connectivity index (χ1) is 29.1. The normalized spacial score (nSPS) is 28.3. The van der Waals surface area contributed by atoms with Gasteiger partial charge in [0.05, 0.1) is 37.8 Å². The number of carbonyl (C=O) groups excluding carboxylic acids is 4. The van der Waals surface area contributed by atoms with Crippen LogP contribution in [0.2, 0.25) is 0 Å². The molecule has 20 heteroatoms. The van der Waals surface area contributed by atoms with Crippen molar-refractivity contribution in [1.82, 2.24) is 25.2 Å². The summed E-state index contributed by atoms with van der Waals surface area (Å²) in [5.74, 6) is -2.97. The fraction of sp³-hybridized carbons (Fsp3) is 0.643. The van der Waals surface area contributed by atoms with Crippen LogP contribution in [-0.4, -0.2) is 116 Å². The van der Waals surface area contributed by atoms with Gasteiger partial charge in [-0.1, -0.05) is 19.1 Å². The van der Waals surface area contributed by atoms with E-state index in [-0.39, 0.29) is 44.2 Å². The summed E-state index contributed by atoms with van der Waals surface area (Å²) in [5.41, 5.74) is -4.61. The van der Waals surface area contributed by atoms with Crippen LogP contribution >= 0.6 is 0 Å². The molecule has 1 aromatic carbocycles. The number of pyridine rings is 1. The molecule has 3 N–H and O–H groups in total. The lowest BCUT2D eigenvalue weighted by Crippen LogP contribution is -2.60. The van der Waals surface area contributed by atoms with E-state index in [1.165, 1.54) is 27.3 Å². The predicted octanol–water partition coefficient (Wildman–Crippen LogP) is 4.94. The molecule has 2 aliphatic heterocycles. The number of ether oxygens (including phenoxy) is 5. The van der Waals surface area contributed by atoms with E-state index in [4.69, 9.17) is 23.7 Å². The number of nitrogens with one attached hydrogen (secondary N) is 3. The topological polar surface area (TPSA) is 201 Å². The van der Waals surface area contributed by atoms with E-state index in [2.05, 4.69) is 20.3 Å². The van der Waals surface area contributed by atoms with Gasteiger partial charge in [-0.3, -0.25) is 19.1 Å². The minimum Gasteiger partial charge on any atom is -0.497 e. The van der Waals surface area contributed by atoms with Crippen LogP contribution < -0.4 is 29.6 Å². The highest BCUT2D eigenvalue weighted by Gasteiger charge is 2.63. The monoisotopic (exact) mass is 895 g/mol. The van der Waals surface area contributed by atoms with E-state index >= 15 is 4.79 Å². The standard InChI is InChI=1S/C42H56F3N5O11S/c1-8-59-32-21-46-35(29-14-13-27(58-7)18-30(29)32)60-28-19-31-34(51)48-41(37(53)49-62(55,56)40(5)15-16-40)20-26(41)12-10-9-11-24(2)17-25(23-57-6)33(36(52)50(31)22-28)47-38(54)61-39(3,4)42(43,44)45/h10,12-14,18,21,24-26,28,31,33H,8-9,11,15-17,19-20,22-23H2,1-7H3,(H,47,54)(H,48,51)(H,49,53)/b12-10-/t24-,25-,26?,28+,31-,33-,41+/m0/s1. The Labute approximate surface area is 359 Å². The van der Waals surface area contributed by atoms with Crippen LogP contribution in [0, 0.1) is 17.8 Å². The van der Waals surface area contributed by atoms with Gasteiger partial charge in [0, 0.05) is 36.1 Å². The number of nitrogens with zero attached hydrogens (tertiary/aromatic N) is 2. The van der Waals surface area contributed by atoms with Crippen LogP contribution in [0.4, 0.5) is 18.0 Å². The highest BCUT2D eigenvalue weighted by atomic mass is 32.2. The molecule has 0 radical (unpaired) electrons. The number of alkyl halides is 3. The molecule has 0 bridgehead atoms. The number of alkyl carbamates (subject to hydrolysis) is 1. The van der Waals surface area contributed by atoms with Gasteiger partial charge in [0.25, 0.3) is 5.91 Å². The lowest BCUT2D eigenvalue weighted by Gasteiger charge is -2.35. The Balaban J connectivity index is 1.39. The number of hydrogen-bond donors (Lipinski definition) is 3. The summed E-state index contributed by atoms with van der Waals surface area (Å²) in [6, 6.07) is 2.21. The van der Waals surface area contributed by atoms with Gasteiger partial charge in [-0.15, -0.1) is 0 Å². The summed E-state index contributed by atoms with van der Waals surface area (Å²) in [4.78, 5) is 62.7. The molecule has 7 atom stereocenters. The summed E-state index contributed by atoms with van der Waals surface area (Å²) in [7, 11) is -1.21. The van der Waals surface area contributed by atoms with E-state index < -0.39 is 85.9 Å². The minimum absolute atomic E-state index is 0.0793. The molecule has 4 amide bonds. The van der Waals surface area contributed by atoms with Crippen LogP contribution in [0.3, 0.4) is 0 Å². The zero-order valence-corrected chi connectivity index (χ0v) is 36.7. The Kier molecular flexibility index (Phi) is 13.3. The van der Waals surface area contributed by atoms with Gasteiger partial charge in [-0.05, 0) is 90.3 Å². The number of halogens is 3. The SMILES string of the molecule is CCOc1cnc(O[C@@H]2C[C@H]3C(=O)N[C@]4(C(=O)NS(=O)(=O)C5(C)CC5)CC4/C=C\CC[C@H](C)C[C@@H](COC)[C@H](NC(=O)OC(C)(C)C(F)(F)F)C(=O)N3C2)c2ccc(OC)cc12. The third-order valence-corrected chi connectivity index (χ3v) is 14.5. The summed E-state index contributed by atoms with van der Waals surface area (Å²) in [6.45, 7) is 6.58. The predicted molar refractivity (Wildman–Crippen MR) is 219 cm³/mol. The van der Waals surface area contributed by atoms with E-state index in [1.54, 1.807) is 24.3 Å². The maximum atomic E-state index is 15.0. The van der Waals surface area contributed by atoms with Crippen molar-refractivity contribution >= 4 is 44.6 Å². The number of aromatic nitrogens is 1. The molecule has 3 fully saturated rings. The number of benzene rings is 1. The molecule has 2 aromatic rings. The molecule has 3 heterocycles. The van der Waals surface area contributed by atoms with Crippen molar-refractivity contribution in [2.24, 2.45) is 17.8 Å². The maximum Gasteiger partial charge on any atom is 0.427 e. The number of methoxy groups -OCH3 is 2. The molecule has 0 spiro atoms. The number of allylic oxidation sites excluding steroid dienone is 1. The van der Waals surface area contributed by atoms with Crippen LogP contribution in [-0.2, 0) is 33.9 Å². The Hall–Kier alpha value is -4.85. The van der Waals surface area contributed by atoms with E-state index in [0.717, 1.165) is 4.90 Å². The molecule has 1 aromatic heterocycles. The number of carbonyl (C=O) groups is 4. The molecule has 1 unspecified atom stereocenters. The Morgan fingerprint density at radius 3 is 2.47 bits per heavy atom. The van der Waals surface area contributed by atoms with Crippen molar-refractivity contribution in [2.45, 2.75) is 120 Å². The van der Waals surface area contributed by atoms with Crippen LogP contribution in [0.15, 0.2) is 36.5 Å². The van der Waals surface area contributed by atoms with Gasteiger partial charge in [-0.25, -0.2) is 18.2 Å². The van der Waals surface area contributed by atoms with E-state index in [9.17, 15) is 36.0 Å². The molecule has 6 rings (SSSR count). The molecule has 342 valence electrons. The number of amides is 4. The van der Waals surface area contributed by atoms with Gasteiger partial charge in [-0.2, -0.15) is 13.2 Å². The van der Waals surface area contributed by atoms with E-state index in [0.29, 0.717) is 68.4 Å². The van der Waals surface area contributed by atoms with Crippen molar-refractivity contribution in [3.63, 3.8) is 0 Å². The van der Waals surface area contributed by atoms with Crippen LogP contribution in [0.5, 0.6) is 17.4 Å². The minimum atomic E-state index is -4.95. The molecular formula is C42H56F3N5O11S. The summed E-state index contributed by atoms with van der Waals surface area (Å²) in [5, 5.41) is 6.32. The second-order valence-electron chi connectivity index (χ2n) is 17.5. The second-order valence-corrected chi connectivity index (χ2v) is 19.7. The molecular weight excluding hydrogens is 840 g/mol. The first-order valence-corrected chi connectivity index (χ1v) is 22.2. The molecule has 1 saturated heterocycles. The van der Waals surface area contributed by atoms with Gasteiger partial charge >= 0.3 is 12.3 Å². The number of sulfonamides is 1. The Bertz CT molecular complexity index is 2180. The molecule has 2 aliphatic carbocycles. The number of fused-ring (bicyclic) bond motifs is 3. The third-order valence-electron chi connectivity index (χ3n) is 12.4. The van der Waals surface area contributed by atoms with Gasteiger partial charge in [0.1, 0.15) is 35.2 Å². The van der Waals surface area contributed by atoms with Gasteiger partial charge in [0.15, 0.2) is 0 Å². The highest BCUT2D eigenvalue weighted by Crippen LogP contribution is 2.48. The van der Waals surface area contributed by atoms with Crippen molar-refractivity contribution in [3.05, 3.63) is 36.5 Å². The fourth-order valence-corrected chi connectivity index (χ4v) is 9.37. The third kappa shape index (κ3) is 9.70. The van der Waals surface area contributed by atoms with Crippen LogP contribution in [0.25, 0.3) is 10.8 Å². The molecule has 62 heavy (non-hydrogen) atoms. The summed E-state index contributed by atoms with van der Waals surface area (Å²) >= 11 is 0. The molecule has 4 aliphatic rings. The lowest BCUT2D eigenvalue weighted by atomic mass is 9.87. The van der Waals surface area contributed by atoms with Crippen molar-refractivity contribution in [3.8, 4) is 17.4 Å².